The number of carbonyl (C=O) groups is 1. The van der Waals surface area contributed by atoms with E-state index in [1.165, 1.54) is 6.20 Å². The third-order valence-corrected chi connectivity index (χ3v) is 5.28. The Bertz CT molecular complexity index is 1530. The molecule has 0 aliphatic carbocycles. The third kappa shape index (κ3) is 3.99. The topological polar surface area (TPSA) is 145 Å². The van der Waals surface area contributed by atoms with Crippen LogP contribution in [0.5, 0.6) is 5.88 Å². The number of nitrogens with two attached hydrogens (primary N) is 1. The van der Waals surface area contributed by atoms with E-state index in [0.717, 1.165) is 16.5 Å². The van der Waals surface area contributed by atoms with Gasteiger partial charge in [-0.1, -0.05) is 18.2 Å². The number of nitrogens with zero attached hydrogens (tertiary/aromatic N) is 6. The molecule has 0 saturated heterocycles. The molecule has 5 aromatic rings. The number of amides is 1. The summed E-state index contributed by atoms with van der Waals surface area (Å²) >= 11 is 0. The molecule has 10 heteroatoms. The molecule has 0 fully saturated rings. The first kappa shape index (κ1) is 21.0. The minimum Gasteiger partial charge on any atom is -0.493 e. The number of fused-ring (bicyclic) bond motifs is 1. The van der Waals surface area contributed by atoms with Crippen LogP contribution in [0.4, 0.5) is 5.82 Å². The van der Waals surface area contributed by atoms with Gasteiger partial charge in [-0.25, -0.2) is 15.0 Å². The predicted octanol–water partition coefficient (Wildman–Crippen LogP) is 2.71. The van der Waals surface area contributed by atoms with E-state index in [4.69, 9.17) is 5.73 Å². The Kier molecular flexibility index (Phi) is 5.30. The first-order valence-electron chi connectivity index (χ1n) is 10.4. The molecule has 4 aromatic heterocycles. The SMILES string of the molecule is Cn1ccc(-c2nc(N)c(C(=O)NCc3cccnc3O)nc2-c2ccc3ncccc3c2)n1. The smallest absolute Gasteiger partial charge is 0.274 e. The van der Waals surface area contributed by atoms with Gasteiger partial charge in [-0.05, 0) is 30.3 Å². The fraction of sp³-hybridized carbons (Fsp3) is 0.0833. The van der Waals surface area contributed by atoms with E-state index >= 15 is 0 Å². The standard InChI is InChI=1S/C24H20N8O2/c1-32-11-8-18(31-32)20-19(15-6-7-17-14(12-15)4-2-9-26-17)29-21(22(25)30-20)24(34)28-13-16-5-3-10-27-23(16)33/h2-12H,13H2,1H3,(H2,25,30)(H,27,33)(H,28,34). The maximum atomic E-state index is 13.0. The van der Waals surface area contributed by atoms with Crippen molar-refractivity contribution in [1.82, 2.24) is 35.0 Å². The summed E-state index contributed by atoms with van der Waals surface area (Å²) in [6, 6.07) is 14.6. The maximum Gasteiger partial charge on any atom is 0.274 e. The van der Waals surface area contributed by atoms with Crippen molar-refractivity contribution < 1.29 is 9.90 Å². The van der Waals surface area contributed by atoms with Crippen LogP contribution in [-0.2, 0) is 13.6 Å². The van der Waals surface area contributed by atoms with Gasteiger partial charge < -0.3 is 16.2 Å². The van der Waals surface area contributed by atoms with Crippen molar-refractivity contribution in [1.29, 1.82) is 0 Å². The van der Waals surface area contributed by atoms with Crippen molar-refractivity contribution in [2.45, 2.75) is 6.54 Å². The molecule has 0 atom stereocenters. The van der Waals surface area contributed by atoms with E-state index < -0.39 is 5.91 Å². The molecule has 34 heavy (non-hydrogen) atoms. The van der Waals surface area contributed by atoms with E-state index in [2.05, 4.69) is 30.4 Å². The number of aryl methyl sites for hydroxylation is 1. The van der Waals surface area contributed by atoms with Crippen LogP contribution < -0.4 is 11.1 Å². The fourth-order valence-corrected chi connectivity index (χ4v) is 3.59. The average molecular weight is 452 g/mol. The zero-order valence-corrected chi connectivity index (χ0v) is 18.2. The maximum absolute atomic E-state index is 13.0. The second-order valence-corrected chi connectivity index (χ2v) is 7.61. The van der Waals surface area contributed by atoms with E-state index in [-0.39, 0.29) is 23.9 Å². The van der Waals surface area contributed by atoms with Crippen LogP contribution in [0.15, 0.2) is 67.1 Å². The summed E-state index contributed by atoms with van der Waals surface area (Å²) in [5, 5.41) is 17.9. The summed E-state index contributed by atoms with van der Waals surface area (Å²) in [6.45, 7) is 0.0542. The normalized spacial score (nSPS) is 11.0. The monoisotopic (exact) mass is 452 g/mol. The van der Waals surface area contributed by atoms with Crippen molar-refractivity contribution in [2.75, 3.05) is 5.73 Å². The van der Waals surface area contributed by atoms with E-state index in [0.29, 0.717) is 22.6 Å². The number of benzene rings is 1. The van der Waals surface area contributed by atoms with Gasteiger partial charge in [0, 0.05) is 48.7 Å². The highest BCUT2D eigenvalue weighted by Crippen LogP contribution is 2.31. The Balaban J connectivity index is 1.58. The van der Waals surface area contributed by atoms with Gasteiger partial charge in [0.1, 0.15) is 11.4 Å². The molecule has 0 spiro atoms. The number of nitrogen functional groups attached to an aromatic ring is 1. The molecule has 0 saturated carbocycles. The van der Waals surface area contributed by atoms with E-state index in [1.54, 1.807) is 42.3 Å². The van der Waals surface area contributed by atoms with Crippen LogP contribution in [0.3, 0.4) is 0 Å². The van der Waals surface area contributed by atoms with Gasteiger partial charge in [-0.15, -0.1) is 0 Å². The summed E-state index contributed by atoms with van der Waals surface area (Å²) in [5.41, 5.74) is 9.69. The lowest BCUT2D eigenvalue weighted by Gasteiger charge is -2.12. The number of hydrogen-bond donors (Lipinski definition) is 3. The van der Waals surface area contributed by atoms with Gasteiger partial charge >= 0.3 is 0 Å². The number of pyridine rings is 2. The molecule has 0 aliphatic heterocycles. The van der Waals surface area contributed by atoms with Crippen molar-refractivity contribution in [3.05, 3.63) is 78.4 Å². The number of rotatable bonds is 5. The lowest BCUT2D eigenvalue weighted by molar-refractivity contribution is 0.0946. The van der Waals surface area contributed by atoms with Crippen LogP contribution in [0.2, 0.25) is 0 Å². The lowest BCUT2D eigenvalue weighted by Crippen LogP contribution is -2.26. The Morgan fingerprint density at radius 1 is 1.06 bits per heavy atom. The van der Waals surface area contributed by atoms with Gasteiger partial charge in [0.2, 0.25) is 5.88 Å². The van der Waals surface area contributed by atoms with Crippen LogP contribution >= 0.6 is 0 Å². The quantitative estimate of drug-likeness (QED) is 0.369. The molecule has 5 rings (SSSR count). The Labute approximate surface area is 194 Å². The summed E-state index contributed by atoms with van der Waals surface area (Å²) < 4.78 is 1.66. The predicted molar refractivity (Wildman–Crippen MR) is 126 cm³/mol. The lowest BCUT2D eigenvalue weighted by atomic mass is 10.0. The van der Waals surface area contributed by atoms with Gasteiger partial charge in [-0.2, -0.15) is 5.10 Å². The molecule has 0 bridgehead atoms. The number of aromatic hydroxyl groups is 1. The van der Waals surface area contributed by atoms with Crippen LogP contribution in [0.25, 0.3) is 33.5 Å². The minimum absolute atomic E-state index is 0.0238. The number of carbonyl (C=O) groups excluding carboxylic acids is 1. The van der Waals surface area contributed by atoms with E-state index in [1.807, 2.05) is 30.3 Å². The molecule has 0 unspecified atom stereocenters. The minimum atomic E-state index is -0.524. The number of nitrogens with one attached hydrogen (secondary N) is 1. The molecule has 0 radical (unpaired) electrons. The number of anilines is 1. The van der Waals surface area contributed by atoms with Crippen molar-refractivity contribution in [3.63, 3.8) is 0 Å². The molecule has 1 aromatic carbocycles. The highest BCUT2D eigenvalue weighted by molar-refractivity contribution is 5.98. The first-order chi connectivity index (χ1) is 16.5. The summed E-state index contributed by atoms with van der Waals surface area (Å²) in [7, 11) is 1.80. The highest BCUT2D eigenvalue weighted by Gasteiger charge is 2.21. The van der Waals surface area contributed by atoms with Gasteiger partial charge in [-0.3, -0.25) is 14.5 Å². The second-order valence-electron chi connectivity index (χ2n) is 7.61. The van der Waals surface area contributed by atoms with Gasteiger partial charge in [0.25, 0.3) is 5.91 Å². The van der Waals surface area contributed by atoms with Crippen molar-refractivity contribution in [2.24, 2.45) is 7.05 Å². The molecule has 10 nitrogen and oxygen atoms in total. The average Bonchev–Trinajstić information content (AvgIpc) is 3.29. The first-order valence-corrected chi connectivity index (χ1v) is 10.4. The molecule has 4 heterocycles. The van der Waals surface area contributed by atoms with E-state index in [9.17, 15) is 9.90 Å². The van der Waals surface area contributed by atoms with Crippen molar-refractivity contribution >= 4 is 22.6 Å². The third-order valence-electron chi connectivity index (χ3n) is 5.28. The molecule has 1 amide bonds. The highest BCUT2D eigenvalue weighted by atomic mass is 16.3. The molecular formula is C24H20N8O2. The summed E-state index contributed by atoms with van der Waals surface area (Å²) in [6.07, 6.45) is 4.99. The molecule has 0 aliphatic rings. The largest absolute Gasteiger partial charge is 0.493 e. The summed E-state index contributed by atoms with van der Waals surface area (Å²) in [4.78, 5) is 30.3. The zero-order valence-electron chi connectivity index (χ0n) is 18.2. The fourth-order valence-electron chi connectivity index (χ4n) is 3.59. The zero-order chi connectivity index (χ0) is 23.7. The Hall–Kier alpha value is -4.86. The molecule has 4 N–H and O–H groups in total. The van der Waals surface area contributed by atoms with Crippen LogP contribution in [0, 0.1) is 0 Å². The summed E-state index contributed by atoms with van der Waals surface area (Å²) in [5.74, 6) is -0.706. The van der Waals surface area contributed by atoms with Gasteiger partial charge in [0.05, 0.1) is 11.2 Å². The molecule has 168 valence electrons. The van der Waals surface area contributed by atoms with Crippen LogP contribution in [0.1, 0.15) is 16.1 Å². The molecular weight excluding hydrogens is 432 g/mol. The van der Waals surface area contributed by atoms with Crippen molar-refractivity contribution in [3.8, 4) is 28.5 Å². The van der Waals surface area contributed by atoms with Gasteiger partial charge in [0.15, 0.2) is 11.5 Å². The Morgan fingerprint density at radius 2 is 1.88 bits per heavy atom. The second kappa shape index (κ2) is 8.58. The number of aromatic nitrogens is 6. The van der Waals surface area contributed by atoms with Crippen LogP contribution in [-0.4, -0.2) is 40.7 Å². The number of hydrogen-bond acceptors (Lipinski definition) is 8. The Morgan fingerprint density at radius 3 is 2.68 bits per heavy atom.